The summed E-state index contributed by atoms with van der Waals surface area (Å²) in [6.07, 6.45) is 6.94. The number of nitrogens with one attached hydrogen (secondary N) is 1. The highest BCUT2D eigenvalue weighted by atomic mass is 35.5. The van der Waals surface area contributed by atoms with Crippen molar-refractivity contribution in [3.05, 3.63) is 57.5 Å². The molecule has 2 bridgehead atoms. The van der Waals surface area contributed by atoms with E-state index in [1.54, 1.807) is 0 Å². The first kappa shape index (κ1) is 19.7. The molecule has 5 nitrogen and oxygen atoms in total. The Morgan fingerprint density at radius 2 is 1.73 bits per heavy atom. The van der Waals surface area contributed by atoms with Crippen LogP contribution >= 0.6 is 11.6 Å². The summed E-state index contributed by atoms with van der Waals surface area (Å²) >= 11 is 6.00. The van der Waals surface area contributed by atoms with E-state index in [0.29, 0.717) is 35.6 Å². The Morgan fingerprint density at radius 1 is 0.967 bits per heavy atom. The average molecular weight is 426 g/mol. The summed E-state index contributed by atoms with van der Waals surface area (Å²) in [6, 6.07) is 11.8. The Kier molecular flexibility index (Phi) is 5.32. The van der Waals surface area contributed by atoms with Gasteiger partial charge in [-0.25, -0.2) is 4.79 Å². The number of fused-ring (bicyclic) bond motifs is 4. The van der Waals surface area contributed by atoms with E-state index in [4.69, 9.17) is 11.6 Å². The van der Waals surface area contributed by atoms with Crippen LogP contribution in [-0.2, 0) is 6.54 Å². The fourth-order valence-electron chi connectivity index (χ4n) is 5.47. The molecule has 2 amide bonds. The summed E-state index contributed by atoms with van der Waals surface area (Å²) in [6.45, 7) is 2.10. The molecule has 3 heterocycles. The molecule has 0 spiro atoms. The van der Waals surface area contributed by atoms with Gasteiger partial charge in [-0.1, -0.05) is 43.0 Å². The third-order valence-electron chi connectivity index (χ3n) is 6.98. The predicted molar refractivity (Wildman–Crippen MR) is 119 cm³/mol. The topological polar surface area (TPSA) is 54.3 Å². The van der Waals surface area contributed by atoms with E-state index < -0.39 is 0 Å². The van der Waals surface area contributed by atoms with Gasteiger partial charge in [0.05, 0.1) is 0 Å². The number of pyridine rings is 1. The SMILES string of the molecule is O=C(NC1CCCCC1)N1C[C@@H]2C[C@H](C1)c1ccc(-c3ccc(Cl)cc3)c(=O)n1C2. The number of likely N-dealkylation sites (tertiary alicyclic amines) is 1. The summed E-state index contributed by atoms with van der Waals surface area (Å²) in [7, 11) is 0. The standard InChI is InChI=1S/C24H28ClN3O2/c25-19-8-6-17(7-9-19)21-10-11-22-18-12-16(14-28(22)23(21)29)13-27(15-18)24(30)26-20-4-2-1-3-5-20/h6-11,16,18,20H,1-5,12-15H2,(H,26,30)/t16-,18+/m0/s1. The van der Waals surface area contributed by atoms with Crippen LogP contribution in [0.1, 0.15) is 50.1 Å². The minimum absolute atomic E-state index is 0.0598. The lowest BCUT2D eigenvalue weighted by Crippen LogP contribution is -2.53. The van der Waals surface area contributed by atoms with Crippen molar-refractivity contribution in [1.82, 2.24) is 14.8 Å². The lowest BCUT2D eigenvalue weighted by Gasteiger charge is -2.43. The van der Waals surface area contributed by atoms with Crippen molar-refractivity contribution in [2.45, 2.75) is 57.0 Å². The maximum Gasteiger partial charge on any atom is 0.317 e. The van der Waals surface area contributed by atoms with Crippen LogP contribution in [0.3, 0.4) is 0 Å². The molecule has 1 N–H and O–H groups in total. The molecular formula is C24H28ClN3O2. The van der Waals surface area contributed by atoms with E-state index in [1.165, 1.54) is 19.3 Å². The third-order valence-corrected chi connectivity index (χ3v) is 7.23. The molecule has 1 saturated heterocycles. The Morgan fingerprint density at radius 3 is 2.50 bits per heavy atom. The summed E-state index contributed by atoms with van der Waals surface area (Å²) in [5.74, 6) is 0.549. The number of carbonyl (C=O) groups excluding carboxylic acids is 1. The van der Waals surface area contributed by atoms with Gasteiger partial charge in [-0.2, -0.15) is 0 Å². The molecule has 1 aliphatic carbocycles. The Bertz CT molecular complexity index is 995. The molecule has 0 radical (unpaired) electrons. The second-order valence-electron chi connectivity index (χ2n) is 9.08. The monoisotopic (exact) mass is 425 g/mol. The van der Waals surface area contributed by atoms with Crippen molar-refractivity contribution >= 4 is 17.6 Å². The molecule has 6 heteroatoms. The number of halogens is 1. The zero-order chi connectivity index (χ0) is 20.7. The van der Waals surface area contributed by atoms with Gasteiger partial charge in [0.25, 0.3) is 5.56 Å². The maximum absolute atomic E-state index is 13.2. The third kappa shape index (κ3) is 3.76. The average Bonchev–Trinajstić information content (AvgIpc) is 2.76. The fourth-order valence-corrected chi connectivity index (χ4v) is 5.60. The van der Waals surface area contributed by atoms with E-state index >= 15 is 0 Å². The molecule has 2 atom stereocenters. The number of rotatable bonds is 2. The largest absolute Gasteiger partial charge is 0.335 e. The predicted octanol–water partition coefficient (Wildman–Crippen LogP) is 4.63. The van der Waals surface area contributed by atoms with E-state index in [1.807, 2.05) is 39.8 Å². The van der Waals surface area contributed by atoms with Crippen molar-refractivity contribution in [2.75, 3.05) is 13.1 Å². The molecule has 158 valence electrons. The molecule has 3 aliphatic rings. The van der Waals surface area contributed by atoms with Crippen LogP contribution < -0.4 is 10.9 Å². The lowest BCUT2D eigenvalue weighted by molar-refractivity contribution is 0.127. The van der Waals surface area contributed by atoms with Gasteiger partial charge in [0.2, 0.25) is 0 Å². The van der Waals surface area contributed by atoms with Crippen LogP contribution in [0.4, 0.5) is 4.79 Å². The molecule has 1 aromatic heterocycles. The van der Waals surface area contributed by atoms with Crippen molar-refractivity contribution < 1.29 is 4.79 Å². The Balaban J connectivity index is 1.36. The van der Waals surface area contributed by atoms with Crippen molar-refractivity contribution in [1.29, 1.82) is 0 Å². The molecule has 1 aromatic carbocycles. The molecular weight excluding hydrogens is 398 g/mol. The van der Waals surface area contributed by atoms with Crippen LogP contribution in [0.15, 0.2) is 41.2 Å². The number of aromatic nitrogens is 1. The molecule has 0 unspecified atom stereocenters. The summed E-state index contributed by atoms with van der Waals surface area (Å²) in [5.41, 5.74) is 2.72. The highest BCUT2D eigenvalue weighted by molar-refractivity contribution is 6.30. The number of nitrogens with zero attached hydrogens (tertiary/aromatic N) is 2. The summed E-state index contributed by atoms with van der Waals surface area (Å²) in [5, 5.41) is 3.92. The lowest BCUT2D eigenvalue weighted by atomic mass is 9.83. The van der Waals surface area contributed by atoms with Gasteiger partial charge in [-0.15, -0.1) is 0 Å². The first-order chi connectivity index (χ1) is 14.6. The Hall–Kier alpha value is -2.27. The first-order valence-electron chi connectivity index (χ1n) is 11.1. The fraction of sp³-hybridized carbons (Fsp3) is 0.500. The van der Waals surface area contributed by atoms with E-state index in [-0.39, 0.29) is 17.5 Å². The molecule has 30 heavy (non-hydrogen) atoms. The van der Waals surface area contributed by atoms with Gasteiger partial charge in [-0.05, 0) is 55.0 Å². The highest BCUT2D eigenvalue weighted by Gasteiger charge is 2.37. The van der Waals surface area contributed by atoms with Crippen LogP contribution in [-0.4, -0.2) is 34.6 Å². The minimum atomic E-state index is 0.0598. The quantitative estimate of drug-likeness (QED) is 0.762. The minimum Gasteiger partial charge on any atom is -0.335 e. The first-order valence-corrected chi connectivity index (χ1v) is 11.5. The van der Waals surface area contributed by atoms with Crippen LogP contribution in [0.2, 0.25) is 5.02 Å². The second-order valence-corrected chi connectivity index (χ2v) is 9.52. The normalized spacial score (nSPS) is 23.7. The zero-order valence-corrected chi connectivity index (χ0v) is 17.9. The number of amides is 2. The smallest absolute Gasteiger partial charge is 0.317 e. The number of piperidine rings is 1. The number of hydrogen-bond donors (Lipinski definition) is 1. The number of carbonyl (C=O) groups is 1. The second kappa shape index (κ2) is 8.10. The highest BCUT2D eigenvalue weighted by Crippen LogP contribution is 2.36. The van der Waals surface area contributed by atoms with Gasteiger partial charge in [0, 0.05) is 47.9 Å². The van der Waals surface area contributed by atoms with Crippen molar-refractivity contribution in [3.63, 3.8) is 0 Å². The zero-order valence-electron chi connectivity index (χ0n) is 17.1. The van der Waals surface area contributed by atoms with Crippen molar-refractivity contribution in [2.24, 2.45) is 5.92 Å². The molecule has 2 fully saturated rings. The van der Waals surface area contributed by atoms with Crippen LogP contribution in [0, 0.1) is 5.92 Å². The molecule has 5 rings (SSSR count). The van der Waals surface area contributed by atoms with Gasteiger partial charge in [-0.3, -0.25) is 4.79 Å². The van der Waals surface area contributed by atoms with Gasteiger partial charge in [0.15, 0.2) is 0 Å². The number of hydrogen-bond acceptors (Lipinski definition) is 2. The maximum atomic E-state index is 13.2. The van der Waals surface area contributed by atoms with Gasteiger partial charge < -0.3 is 14.8 Å². The van der Waals surface area contributed by atoms with Crippen LogP contribution in [0.25, 0.3) is 11.1 Å². The summed E-state index contributed by atoms with van der Waals surface area (Å²) < 4.78 is 1.94. The van der Waals surface area contributed by atoms with E-state index in [9.17, 15) is 9.59 Å². The molecule has 2 aliphatic heterocycles. The number of urea groups is 1. The molecule has 2 aromatic rings. The summed E-state index contributed by atoms with van der Waals surface area (Å²) in [4.78, 5) is 28.1. The Labute approximate surface area is 182 Å². The number of benzene rings is 1. The van der Waals surface area contributed by atoms with E-state index in [2.05, 4.69) is 11.4 Å². The van der Waals surface area contributed by atoms with Gasteiger partial charge in [0.1, 0.15) is 0 Å². The van der Waals surface area contributed by atoms with Gasteiger partial charge >= 0.3 is 6.03 Å². The van der Waals surface area contributed by atoms with Crippen molar-refractivity contribution in [3.8, 4) is 11.1 Å². The molecule has 1 saturated carbocycles. The van der Waals surface area contributed by atoms with Crippen LogP contribution in [0.5, 0.6) is 0 Å². The van der Waals surface area contributed by atoms with E-state index in [0.717, 1.165) is 37.1 Å².